The van der Waals surface area contributed by atoms with E-state index in [9.17, 15) is 8.42 Å². The number of halogens is 1. The van der Waals surface area contributed by atoms with E-state index >= 15 is 0 Å². The predicted octanol–water partition coefficient (Wildman–Crippen LogP) is 0.976. The summed E-state index contributed by atoms with van der Waals surface area (Å²) in [5, 5.41) is 0. The molecule has 1 radical (unpaired) electrons. The van der Waals surface area contributed by atoms with Gasteiger partial charge >= 0.3 is 0 Å². The summed E-state index contributed by atoms with van der Waals surface area (Å²) < 4.78 is 20.7. The molecule has 0 saturated carbocycles. The molecule has 0 heterocycles. The van der Waals surface area contributed by atoms with Crippen LogP contribution < -0.4 is 0 Å². The Balaban J connectivity index is 4.17. The van der Waals surface area contributed by atoms with E-state index in [1.54, 1.807) is 6.92 Å². The lowest BCUT2D eigenvalue weighted by atomic mass is 11.0. The first-order chi connectivity index (χ1) is 3.50. The van der Waals surface area contributed by atoms with Crippen LogP contribution in [0.15, 0.2) is 0 Å². The quantitative estimate of drug-likeness (QED) is 0.622. The smallest absolute Gasteiger partial charge is 0.162 e. The summed E-state index contributed by atoms with van der Waals surface area (Å²) >= 11 is 2.93. The van der Waals surface area contributed by atoms with Gasteiger partial charge in [-0.1, -0.05) is 15.9 Å². The van der Waals surface area contributed by atoms with Crippen molar-refractivity contribution in [2.24, 2.45) is 0 Å². The number of hydrogen-bond acceptors (Lipinski definition) is 2. The van der Waals surface area contributed by atoms with E-state index in [1.807, 2.05) is 0 Å². The van der Waals surface area contributed by atoms with Gasteiger partial charge in [0.15, 0.2) is 9.84 Å². The Hall–Kier alpha value is 0.430. The van der Waals surface area contributed by atoms with E-state index in [4.69, 9.17) is 0 Å². The average Bonchev–Trinajstić information content (AvgIpc) is 1.67. The first-order valence-electron chi connectivity index (χ1n) is 2.15. The Morgan fingerprint density at radius 2 is 2.12 bits per heavy atom. The van der Waals surface area contributed by atoms with Crippen LogP contribution in [0.25, 0.3) is 0 Å². The van der Waals surface area contributed by atoms with Crippen LogP contribution in [0.4, 0.5) is 0 Å². The minimum Gasteiger partial charge on any atom is -0.228 e. The van der Waals surface area contributed by atoms with E-state index in [2.05, 4.69) is 22.9 Å². The standard InChI is InChI=1S/C4H8BrO2S/c1-3-8(6,7)4(2)5/h4H,1,3H2,2H3. The largest absolute Gasteiger partial charge is 0.228 e. The molecular formula is C4H8BrO2S. The van der Waals surface area contributed by atoms with Crippen LogP contribution in [0.5, 0.6) is 0 Å². The van der Waals surface area contributed by atoms with Crippen LogP contribution in [-0.2, 0) is 9.84 Å². The number of alkyl halides is 1. The van der Waals surface area contributed by atoms with Gasteiger partial charge in [0.05, 0.1) is 5.75 Å². The number of sulfone groups is 1. The second kappa shape index (κ2) is 2.82. The molecule has 0 aliphatic carbocycles. The minimum absolute atomic E-state index is 0.0422. The third kappa shape index (κ3) is 2.13. The fourth-order valence-electron chi connectivity index (χ4n) is 0.162. The summed E-state index contributed by atoms with van der Waals surface area (Å²) in [6, 6.07) is 0. The highest BCUT2D eigenvalue weighted by Crippen LogP contribution is 2.07. The molecule has 0 spiro atoms. The van der Waals surface area contributed by atoms with Gasteiger partial charge in [0.25, 0.3) is 0 Å². The number of hydrogen-bond donors (Lipinski definition) is 0. The van der Waals surface area contributed by atoms with Gasteiger partial charge in [0, 0.05) is 0 Å². The van der Waals surface area contributed by atoms with Crippen molar-refractivity contribution in [1.82, 2.24) is 0 Å². The SMILES string of the molecule is [CH2]CS(=O)(=O)C(C)Br. The molecule has 4 heteroatoms. The lowest BCUT2D eigenvalue weighted by Crippen LogP contribution is -2.12. The maximum Gasteiger partial charge on any atom is 0.162 e. The molecule has 0 aliphatic rings. The lowest BCUT2D eigenvalue weighted by Gasteiger charge is -1.99. The Morgan fingerprint density at radius 1 is 1.75 bits per heavy atom. The van der Waals surface area contributed by atoms with Crippen molar-refractivity contribution in [2.75, 3.05) is 5.75 Å². The molecule has 0 rings (SSSR count). The third-order valence-electron chi connectivity index (χ3n) is 0.779. The van der Waals surface area contributed by atoms with Crippen LogP contribution in [0.2, 0.25) is 0 Å². The van der Waals surface area contributed by atoms with Crippen LogP contribution in [-0.4, -0.2) is 18.3 Å². The molecule has 0 aliphatic heterocycles. The van der Waals surface area contributed by atoms with Gasteiger partial charge in [0.1, 0.15) is 4.16 Å². The van der Waals surface area contributed by atoms with Gasteiger partial charge < -0.3 is 0 Å². The highest BCUT2D eigenvalue weighted by molar-refractivity contribution is 9.11. The second-order valence-corrected chi connectivity index (χ2v) is 5.83. The maximum absolute atomic E-state index is 10.6. The fraction of sp³-hybridized carbons (Fsp3) is 0.750. The topological polar surface area (TPSA) is 34.1 Å². The molecule has 1 unspecified atom stereocenters. The van der Waals surface area contributed by atoms with Crippen LogP contribution in [0.3, 0.4) is 0 Å². The van der Waals surface area contributed by atoms with Crippen LogP contribution in [0, 0.1) is 6.92 Å². The Bertz CT molecular complexity index is 147. The molecule has 0 saturated heterocycles. The van der Waals surface area contributed by atoms with E-state index in [0.717, 1.165) is 0 Å². The zero-order chi connectivity index (χ0) is 6.78. The van der Waals surface area contributed by atoms with Gasteiger partial charge in [0.2, 0.25) is 0 Å². The van der Waals surface area contributed by atoms with Gasteiger partial charge in [-0.2, -0.15) is 0 Å². The molecule has 0 aromatic rings. The summed E-state index contributed by atoms with van der Waals surface area (Å²) in [6.45, 7) is 4.83. The Labute approximate surface area is 58.3 Å². The first kappa shape index (κ1) is 8.43. The summed E-state index contributed by atoms with van der Waals surface area (Å²) in [4.78, 5) is 0. The molecular weight excluding hydrogens is 192 g/mol. The summed E-state index contributed by atoms with van der Waals surface area (Å²) in [5.74, 6) is -0.0422. The molecule has 49 valence electrons. The number of rotatable bonds is 2. The first-order valence-corrected chi connectivity index (χ1v) is 4.78. The predicted molar refractivity (Wildman–Crippen MR) is 37.5 cm³/mol. The average molecular weight is 200 g/mol. The van der Waals surface area contributed by atoms with Gasteiger partial charge in [-0.25, -0.2) is 8.42 Å². The summed E-state index contributed by atoms with van der Waals surface area (Å²) in [6.07, 6.45) is 0. The highest BCUT2D eigenvalue weighted by atomic mass is 79.9. The normalized spacial score (nSPS) is 15.9. The molecule has 0 fully saturated rings. The highest BCUT2D eigenvalue weighted by Gasteiger charge is 2.13. The van der Waals surface area contributed by atoms with Crippen molar-refractivity contribution in [3.05, 3.63) is 6.92 Å². The lowest BCUT2D eigenvalue weighted by molar-refractivity contribution is 0.598. The minimum atomic E-state index is -2.93. The van der Waals surface area contributed by atoms with Crippen molar-refractivity contribution < 1.29 is 8.42 Å². The van der Waals surface area contributed by atoms with Gasteiger partial charge in [-0.3, -0.25) is 0 Å². The molecule has 2 nitrogen and oxygen atoms in total. The van der Waals surface area contributed by atoms with Crippen LogP contribution >= 0.6 is 15.9 Å². The fourth-order valence-corrected chi connectivity index (χ4v) is 1.05. The maximum atomic E-state index is 10.6. The van der Waals surface area contributed by atoms with Crippen molar-refractivity contribution in [3.8, 4) is 0 Å². The molecule has 0 aromatic carbocycles. The van der Waals surface area contributed by atoms with Crippen molar-refractivity contribution in [3.63, 3.8) is 0 Å². The van der Waals surface area contributed by atoms with E-state index in [0.29, 0.717) is 0 Å². The van der Waals surface area contributed by atoms with Gasteiger partial charge in [-0.05, 0) is 13.8 Å². The molecule has 8 heavy (non-hydrogen) atoms. The third-order valence-corrected chi connectivity index (χ3v) is 4.05. The Kier molecular flexibility index (Phi) is 2.98. The summed E-state index contributed by atoms with van der Waals surface area (Å²) in [5.41, 5.74) is 0. The molecule has 0 N–H and O–H groups in total. The zero-order valence-electron chi connectivity index (χ0n) is 4.59. The van der Waals surface area contributed by atoms with E-state index in [1.165, 1.54) is 0 Å². The van der Waals surface area contributed by atoms with E-state index in [-0.39, 0.29) is 5.75 Å². The van der Waals surface area contributed by atoms with E-state index < -0.39 is 14.0 Å². The molecule has 0 amide bonds. The second-order valence-electron chi connectivity index (χ2n) is 1.41. The van der Waals surface area contributed by atoms with Gasteiger partial charge in [-0.15, -0.1) is 0 Å². The monoisotopic (exact) mass is 199 g/mol. The van der Waals surface area contributed by atoms with Crippen molar-refractivity contribution in [2.45, 2.75) is 11.1 Å². The zero-order valence-corrected chi connectivity index (χ0v) is 7.00. The molecule has 1 atom stereocenters. The Morgan fingerprint density at radius 3 is 2.12 bits per heavy atom. The van der Waals surface area contributed by atoms with Crippen molar-refractivity contribution >= 4 is 25.8 Å². The molecule has 0 bridgehead atoms. The summed E-state index contributed by atoms with van der Waals surface area (Å²) in [7, 11) is -2.93. The van der Waals surface area contributed by atoms with Crippen LogP contribution in [0.1, 0.15) is 6.92 Å². The molecule has 0 aromatic heterocycles. The van der Waals surface area contributed by atoms with Crippen molar-refractivity contribution in [1.29, 1.82) is 0 Å².